The molecule has 0 aliphatic rings. The van der Waals surface area contributed by atoms with Crippen molar-refractivity contribution in [3.8, 4) is 6.07 Å². The molecule has 2 rings (SSSR count). The first-order chi connectivity index (χ1) is 11.0. The van der Waals surface area contributed by atoms with E-state index in [9.17, 15) is 4.79 Å². The predicted octanol–water partition coefficient (Wildman–Crippen LogP) is 3.91. The van der Waals surface area contributed by atoms with Crippen molar-refractivity contribution >= 4 is 12.0 Å². The summed E-state index contributed by atoms with van der Waals surface area (Å²) in [6, 6.07) is 13.1. The first kappa shape index (κ1) is 16.6. The molecule has 0 radical (unpaired) electrons. The summed E-state index contributed by atoms with van der Waals surface area (Å²) >= 11 is 0. The third kappa shape index (κ3) is 4.58. The van der Waals surface area contributed by atoms with Crippen molar-refractivity contribution in [1.29, 1.82) is 5.26 Å². The summed E-state index contributed by atoms with van der Waals surface area (Å²) in [5.74, 6) is 1.41. The van der Waals surface area contributed by atoms with Gasteiger partial charge in [0.1, 0.15) is 11.5 Å². The Morgan fingerprint density at radius 3 is 2.48 bits per heavy atom. The highest BCUT2D eigenvalue weighted by Gasteiger charge is 2.15. The van der Waals surface area contributed by atoms with Crippen LogP contribution in [-0.4, -0.2) is 16.8 Å². The molecule has 1 aromatic carbocycles. The zero-order valence-electron chi connectivity index (χ0n) is 13.6. The van der Waals surface area contributed by atoms with Crippen molar-refractivity contribution in [2.75, 3.05) is 0 Å². The first-order valence-electron chi connectivity index (χ1n) is 7.54. The standard InChI is InChI=1S/C19H20N2O2/c1-14(2)21(13-17-7-5-16(12-20)6-8-17)19(22)11-10-18-9-4-15(3)23-18/h4-11,14H,13H2,1-3H3/b11-10+. The Hall–Kier alpha value is -2.80. The zero-order valence-corrected chi connectivity index (χ0v) is 13.6. The second-order valence-corrected chi connectivity index (χ2v) is 5.65. The lowest BCUT2D eigenvalue weighted by Crippen LogP contribution is -2.35. The SMILES string of the molecule is Cc1ccc(/C=C/C(=O)N(Cc2ccc(C#N)cc2)C(C)C)o1. The molecular formula is C19H20N2O2. The Morgan fingerprint density at radius 1 is 1.26 bits per heavy atom. The van der Waals surface area contributed by atoms with E-state index < -0.39 is 0 Å². The number of benzene rings is 1. The smallest absolute Gasteiger partial charge is 0.247 e. The molecule has 0 aliphatic heterocycles. The minimum absolute atomic E-state index is 0.0705. The van der Waals surface area contributed by atoms with Gasteiger partial charge < -0.3 is 9.32 Å². The average Bonchev–Trinajstić information content (AvgIpc) is 2.96. The summed E-state index contributed by atoms with van der Waals surface area (Å²) in [6.45, 7) is 6.33. The zero-order chi connectivity index (χ0) is 16.8. The summed E-state index contributed by atoms with van der Waals surface area (Å²) in [7, 11) is 0. The van der Waals surface area contributed by atoms with Crippen LogP contribution in [0.3, 0.4) is 0 Å². The van der Waals surface area contributed by atoms with Gasteiger partial charge in [-0.1, -0.05) is 12.1 Å². The van der Waals surface area contributed by atoms with Gasteiger partial charge in [0.25, 0.3) is 0 Å². The second-order valence-electron chi connectivity index (χ2n) is 5.65. The lowest BCUT2D eigenvalue weighted by molar-refractivity contribution is -0.128. The van der Waals surface area contributed by atoms with Crippen molar-refractivity contribution in [1.82, 2.24) is 4.90 Å². The number of aryl methyl sites for hydroxylation is 1. The van der Waals surface area contributed by atoms with Crippen LogP contribution in [0.15, 0.2) is 46.9 Å². The van der Waals surface area contributed by atoms with E-state index in [1.165, 1.54) is 6.08 Å². The van der Waals surface area contributed by atoms with Gasteiger partial charge in [-0.05, 0) is 56.7 Å². The van der Waals surface area contributed by atoms with Crippen molar-refractivity contribution < 1.29 is 9.21 Å². The van der Waals surface area contributed by atoms with Crippen molar-refractivity contribution in [3.63, 3.8) is 0 Å². The molecule has 0 fully saturated rings. The molecule has 0 unspecified atom stereocenters. The number of hydrogen-bond donors (Lipinski definition) is 0. The number of rotatable bonds is 5. The van der Waals surface area contributed by atoms with Gasteiger partial charge in [0.05, 0.1) is 11.6 Å². The second kappa shape index (κ2) is 7.46. The Labute approximate surface area is 136 Å². The minimum Gasteiger partial charge on any atom is -0.462 e. The molecular weight excluding hydrogens is 288 g/mol. The molecule has 0 atom stereocenters. The van der Waals surface area contributed by atoms with Gasteiger partial charge in [-0.25, -0.2) is 0 Å². The number of carbonyl (C=O) groups excluding carboxylic acids is 1. The van der Waals surface area contributed by atoms with E-state index in [1.54, 1.807) is 23.1 Å². The van der Waals surface area contributed by atoms with Crippen LogP contribution in [0.25, 0.3) is 6.08 Å². The molecule has 1 amide bonds. The lowest BCUT2D eigenvalue weighted by Gasteiger charge is -2.25. The largest absolute Gasteiger partial charge is 0.462 e. The van der Waals surface area contributed by atoms with Crippen LogP contribution in [-0.2, 0) is 11.3 Å². The molecule has 0 N–H and O–H groups in total. The van der Waals surface area contributed by atoms with E-state index in [2.05, 4.69) is 6.07 Å². The summed E-state index contributed by atoms with van der Waals surface area (Å²) in [4.78, 5) is 14.2. The monoisotopic (exact) mass is 308 g/mol. The number of hydrogen-bond acceptors (Lipinski definition) is 3. The Bertz CT molecular complexity index is 733. The van der Waals surface area contributed by atoms with Crippen molar-refractivity contribution in [3.05, 3.63) is 65.1 Å². The van der Waals surface area contributed by atoms with E-state index in [4.69, 9.17) is 9.68 Å². The highest BCUT2D eigenvalue weighted by atomic mass is 16.3. The van der Waals surface area contributed by atoms with Crippen molar-refractivity contribution in [2.24, 2.45) is 0 Å². The molecule has 4 nitrogen and oxygen atoms in total. The van der Waals surface area contributed by atoms with Crippen LogP contribution >= 0.6 is 0 Å². The van der Waals surface area contributed by atoms with Gasteiger partial charge in [-0.2, -0.15) is 5.26 Å². The van der Waals surface area contributed by atoms with Crippen molar-refractivity contribution in [2.45, 2.75) is 33.4 Å². The molecule has 4 heteroatoms. The minimum atomic E-state index is -0.0709. The fraction of sp³-hybridized carbons (Fsp3) is 0.263. The van der Waals surface area contributed by atoms with Crippen LogP contribution in [0, 0.1) is 18.3 Å². The van der Waals surface area contributed by atoms with E-state index in [1.807, 2.05) is 45.0 Å². The van der Waals surface area contributed by atoms with Gasteiger partial charge in [-0.15, -0.1) is 0 Å². The molecule has 1 aromatic heterocycles. The van der Waals surface area contributed by atoms with Gasteiger partial charge in [0.2, 0.25) is 5.91 Å². The molecule has 0 saturated heterocycles. The van der Waals surface area contributed by atoms with Crippen LogP contribution in [0.5, 0.6) is 0 Å². The van der Waals surface area contributed by atoms with Gasteiger partial charge >= 0.3 is 0 Å². The molecule has 2 aromatic rings. The highest BCUT2D eigenvalue weighted by molar-refractivity contribution is 5.91. The molecule has 0 aliphatic carbocycles. The summed E-state index contributed by atoms with van der Waals surface area (Å²) in [6.07, 6.45) is 3.21. The van der Waals surface area contributed by atoms with Crippen LogP contribution in [0.4, 0.5) is 0 Å². The normalized spacial score (nSPS) is 10.9. The van der Waals surface area contributed by atoms with E-state index >= 15 is 0 Å². The Morgan fingerprint density at radius 2 is 1.96 bits per heavy atom. The summed E-state index contributed by atoms with van der Waals surface area (Å²) in [5, 5.41) is 8.83. The maximum absolute atomic E-state index is 12.4. The highest BCUT2D eigenvalue weighted by Crippen LogP contribution is 2.12. The van der Waals surface area contributed by atoms with Crippen LogP contribution in [0.1, 0.15) is 36.5 Å². The third-order valence-electron chi connectivity index (χ3n) is 3.49. The van der Waals surface area contributed by atoms with Crippen LogP contribution < -0.4 is 0 Å². The fourth-order valence-electron chi connectivity index (χ4n) is 2.19. The number of nitriles is 1. The molecule has 0 bridgehead atoms. The number of nitrogens with zero attached hydrogens (tertiary/aromatic N) is 2. The maximum Gasteiger partial charge on any atom is 0.247 e. The number of carbonyl (C=O) groups is 1. The Balaban J connectivity index is 2.09. The average molecular weight is 308 g/mol. The predicted molar refractivity (Wildman–Crippen MR) is 89.3 cm³/mol. The van der Waals surface area contributed by atoms with Gasteiger partial charge in [0.15, 0.2) is 0 Å². The van der Waals surface area contributed by atoms with E-state index in [-0.39, 0.29) is 11.9 Å². The number of amides is 1. The van der Waals surface area contributed by atoms with Gasteiger partial charge in [0, 0.05) is 18.7 Å². The fourth-order valence-corrected chi connectivity index (χ4v) is 2.19. The molecule has 0 saturated carbocycles. The topological polar surface area (TPSA) is 57.2 Å². The van der Waals surface area contributed by atoms with E-state index in [0.717, 1.165) is 11.3 Å². The van der Waals surface area contributed by atoms with Gasteiger partial charge in [-0.3, -0.25) is 4.79 Å². The Kier molecular flexibility index (Phi) is 5.37. The number of furan rings is 1. The summed E-state index contributed by atoms with van der Waals surface area (Å²) < 4.78 is 5.43. The molecule has 23 heavy (non-hydrogen) atoms. The molecule has 0 spiro atoms. The lowest BCUT2D eigenvalue weighted by atomic mass is 10.1. The third-order valence-corrected chi connectivity index (χ3v) is 3.49. The molecule has 118 valence electrons. The molecule has 1 heterocycles. The maximum atomic E-state index is 12.4. The van der Waals surface area contributed by atoms with Crippen LogP contribution in [0.2, 0.25) is 0 Å². The first-order valence-corrected chi connectivity index (χ1v) is 7.54. The summed E-state index contributed by atoms with van der Waals surface area (Å²) in [5.41, 5.74) is 1.61. The van der Waals surface area contributed by atoms with E-state index in [0.29, 0.717) is 17.9 Å². The quantitative estimate of drug-likeness (QED) is 0.787.